The quantitative estimate of drug-likeness (QED) is 0.354. The molecule has 0 saturated carbocycles. The number of carbonyl (C=O) groups is 2. The van der Waals surface area contributed by atoms with E-state index in [-0.39, 0.29) is 24.0 Å². The SMILES string of the molecule is CC(C)n1c(C=O)c(-c2ccc(F)cc2)c(-c2ccc(F)cc2)c1C(=O)NCc1ccccn1. The van der Waals surface area contributed by atoms with Crippen molar-refractivity contribution in [3.63, 3.8) is 0 Å². The molecule has 0 spiro atoms. The highest BCUT2D eigenvalue weighted by molar-refractivity contribution is 6.08. The average molecular weight is 459 g/mol. The molecule has 0 aliphatic carbocycles. The zero-order chi connectivity index (χ0) is 24.2. The molecule has 5 nitrogen and oxygen atoms in total. The van der Waals surface area contributed by atoms with Crippen LogP contribution < -0.4 is 5.32 Å². The van der Waals surface area contributed by atoms with Gasteiger partial charge in [-0.25, -0.2) is 8.78 Å². The minimum Gasteiger partial charge on any atom is -0.345 e. The third-order valence-corrected chi connectivity index (χ3v) is 5.51. The van der Waals surface area contributed by atoms with Gasteiger partial charge in [0.25, 0.3) is 5.91 Å². The summed E-state index contributed by atoms with van der Waals surface area (Å²) in [7, 11) is 0. The molecule has 2 aromatic carbocycles. The van der Waals surface area contributed by atoms with E-state index in [9.17, 15) is 18.4 Å². The zero-order valence-corrected chi connectivity index (χ0v) is 18.8. The Hall–Kier alpha value is -4.13. The molecule has 0 aliphatic rings. The maximum atomic E-state index is 13.7. The minimum absolute atomic E-state index is 0.189. The summed E-state index contributed by atoms with van der Waals surface area (Å²) in [5.41, 5.74) is 3.31. The maximum absolute atomic E-state index is 13.7. The topological polar surface area (TPSA) is 64.0 Å². The Kier molecular flexibility index (Phi) is 6.63. The summed E-state index contributed by atoms with van der Waals surface area (Å²) in [5.74, 6) is -1.25. The van der Waals surface area contributed by atoms with Crippen LogP contribution in [0.15, 0.2) is 72.9 Å². The number of hydrogen-bond acceptors (Lipinski definition) is 3. The highest BCUT2D eigenvalue weighted by atomic mass is 19.1. The standard InChI is InChI=1S/C27H23F2N3O2/c1-17(2)32-23(16-33)24(18-6-10-20(28)11-7-18)25(19-8-12-21(29)13-9-19)26(32)27(34)31-15-22-5-3-4-14-30-22/h3-14,16-17H,15H2,1-2H3,(H,31,34). The number of nitrogens with zero attached hydrogens (tertiary/aromatic N) is 2. The van der Waals surface area contributed by atoms with Gasteiger partial charge in [0.1, 0.15) is 17.3 Å². The van der Waals surface area contributed by atoms with E-state index in [2.05, 4.69) is 10.3 Å². The third kappa shape index (κ3) is 4.50. The fraction of sp³-hybridized carbons (Fsp3) is 0.148. The summed E-state index contributed by atoms with van der Waals surface area (Å²) in [4.78, 5) is 30.1. The lowest BCUT2D eigenvalue weighted by atomic mass is 9.94. The van der Waals surface area contributed by atoms with Crippen molar-refractivity contribution in [3.8, 4) is 22.3 Å². The minimum atomic E-state index is -0.424. The number of aromatic nitrogens is 2. The van der Waals surface area contributed by atoms with Gasteiger partial charge in [0.05, 0.1) is 17.9 Å². The Bertz CT molecular complexity index is 1310. The monoisotopic (exact) mass is 459 g/mol. The molecule has 0 saturated heterocycles. The molecule has 1 N–H and O–H groups in total. The predicted molar refractivity (Wildman–Crippen MR) is 126 cm³/mol. The lowest BCUT2D eigenvalue weighted by molar-refractivity contribution is 0.0940. The number of aldehydes is 1. The van der Waals surface area contributed by atoms with Crippen molar-refractivity contribution in [1.82, 2.24) is 14.9 Å². The molecule has 2 heterocycles. The number of rotatable bonds is 7. The first-order valence-electron chi connectivity index (χ1n) is 10.8. The van der Waals surface area contributed by atoms with Gasteiger partial charge in [-0.15, -0.1) is 0 Å². The van der Waals surface area contributed by atoms with Crippen LogP contribution in [0.1, 0.15) is 46.6 Å². The van der Waals surface area contributed by atoms with E-state index < -0.39 is 17.5 Å². The van der Waals surface area contributed by atoms with Crippen molar-refractivity contribution in [2.24, 2.45) is 0 Å². The zero-order valence-electron chi connectivity index (χ0n) is 18.8. The van der Waals surface area contributed by atoms with E-state index in [1.165, 1.54) is 24.3 Å². The Labute approximate surface area is 196 Å². The highest BCUT2D eigenvalue weighted by Gasteiger charge is 2.30. The summed E-state index contributed by atoms with van der Waals surface area (Å²) in [5, 5.41) is 2.89. The molecule has 0 radical (unpaired) electrons. The van der Waals surface area contributed by atoms with Gasteiger partial charge < -0.3 is 9.88 Å². The van der Waals surface area contributed by atoms with Crippen LogP contribution in [-0.2, 0) is 6.54 Å². The predicted octanol–water partition coefficient (Wildman–Crippen LogP) is 5.82. The Morgan fingerprint density at radius 3 is 2.03 bits per heavy atom. The molecule has 4 rings (SSSR count). The van der Waals surface area contributed by atoms with Crippen molar-refractivity contribution in [1.29, 1.82) is 0 Å². The van der Waals surface area contributed by atoms with Crippen LogP contribution in [0.3, 0.4) is 0 Å². The van der Waals surface area contributed by atoms with Gasteiger partial charge in [0.2, 0.25) is 0 Å². The number of halogens is 2. The van der Waals surface area contributed by atoms with E-state index in [1.54, 1.807) is 47.2 Å². The van der Waals surface area contributed by atoms with Crippen molar-refractivity contribution in [2.75, 3.05) is 0 Å². The number of amides is 1. The second-order valence-corrected chi connectivity index (χ2v) is 8.08. The van der Waals surface area contributed by atoms with Crippen molar-refractivity contribution >= 4 is 12.2 Å². The van der Waals surface area contributed by atoms with Gasteiger partial charge in [-0.05, 0) is 61.4 Å². The summed E-state index contributed by atoms with van der Waals surface area (Å²) in [6.07, 6.45) is 2.33. The van der Waals surface area contributed by atoms with Crippen molar-refractivity contribution in [3.05, 3.63) is 102 Å². The molecule has 0 atom stereocenters. The van der Waals surface area contributed by atoms with Crippen LogP contribution in [0.5, 0.6) is 0 Å². The molecule has 0 fully saturated rings. The lowest BCUT2D eigenvalue weighted by Gasteiger charge is -2.16. The number of pyridine rings is 1. The smallest absolute Gasteiger partial charge is 0.268 e. The summed E-state index contributed by atoms with van der Waals surface area (Å²) in [6.45, 7) is 3.92. The number of hydrogen-bond donors (Lipinski definition) is 1. The largest absolute Gasteiger partial charge is 0.345 e. The first kappa shape index (κ1) is 23.0. The van der Waals surface area contributed by atoms with Crippen LogP contribution >= 0.6 is 0 Å². The molecule has 7 heteroatoms. The van der Waals surface area contributed by atoms with Gasteiger partial charge in [-0.3, -0.25) is 14.6 Å². The number of nitrogens with one attached hydrogen (secondary N) is 1. The third-order valence-electron chi connectivity index (χ3n) is 5.51. The summed E-state index contributed by atoms with van der Waals surface area (Å²) in [6, 6.07) is 16.6. The Morgan fingerprint density at radius 2 is 1.53 bits per heavy atom. The molecular weight excluding hydrogens is 436 g/mol. The van der Waals surface area contributed by atoms with Crippen LogP contribution in [0.4, 0.5) is 8.78 Å². The molecule has 0 aliphatic heterocycles. The normalized spacial score (nSPS) is 11.0. The van der Waals surface area contributed by atoms with Crippen molar-refractivity contribution in [2.45, 2.75) is 26.4 Å². The fourth-order valence-electron chi connectivity index (χ4n) is 4.05. The summed E-state index contributed by atoms with van der Waals surface area (Å²) < 4.78 is 29.1. The van der Waals surface area contributed by atoms with E-state index in [4.69, 9.17) is 0 Å². The van der Waals surface area contributed by atoms with Crippen LogP contribution in [0.2, 0.25) is 0 Å². The molecule has 4 aromatic rings. The van der Waals surface area contributed by atoms with Gasteiger partial charge >= 0.3 is 0 Å². The van der Waals surface area contributed by atoms with E-state index in [1.807, 2.05) is 19.9 Å². The first-order valence-corrected chi connectivity index (χ1v) is 10.8. The van der Waals surface area contributed by atoms with E-state index >= 15 is 0 Å². The molecule has 0 unspecified atom stereocenters. The maximum Gasteiger partial charge on any atom is 0.268 e. The van der Waals surface area contributed by atoms with Crippen LogP contribution in [-0.4, -0.2) is 21.7 Å². The molecule has 172 valence electrons. The Balaban J connectivity index is 1.95. The number of carbonyl (C=O) groups excluding carboxylic acids is 2. The van der Waals surface area contributed by atoms with Gasteiger partial charge in [0.15, 0.2) is 6.29 Å². The second kappa shape index (κ2) is 9.79. The lowest BCUT2D eigenvalue weighted by Crippen LogP contribution is -2.27. The van der Waals surface area contributed by atoms with Crippen LogP contribution in [0, 0.1) is 11.6 Å². The van der Waals surface area contributed by atoms with Crippen LogP contribution in [0.25, 0.3) is 22.3 Å². The first-order chi connectivity index (χ1) is 16.4. The van der Waals surface area contributed by atoms with E-state index in [0.717, 1.165) is 0 Å². The highest BCUT2D eigenvalue weighted by Crippen LogP contribution is 2.41. The van der Waals surface area contributed by atoms with Gasteiger partial charge in [-0.1, -0.05) is 30.3 Å². The average Bonchev–Trinajstić information content (AvgIpc) is 3.20. The second-order valence-electron chi connectivity index (χ2n) is 8.08. The molecule has 0 bridgehead atoms. The molecular formula is C27H23F2N3O2. The van der Waals surface area contributed by atoms with Gasteiger partial charge in [-0.2, -0.15) is 0 Å². The number of benzene rings is 2. The summed E-state index contributed by atoms with van der Waals surface area (Å²) >= 11 is 0. The molecule has 2 aromatic heterocycles. The fourth-order valence-corrected chi connectivity index (χ4v) is 4.05. The van der Waals surface area contributed by atoms with Gasteiger partial charge in [0, 0.05) is 23.4 Å². The Morgan fingerprint density at radius 1 is 0.941 bits per heavy atom. The van der Waals surface area contributed by atoms with Crippen molar-refractivity contribution < 1.29 is 18.4 Å². The molecule has 34 heavy (non-hydrogen) atoms. The van der Waals surface area contributed by atoms with E-state index in [0.29, 0.717) is 34.2 Å². The molecule has 1 amide bonds.